The summed E-state index contributed by atoms with van der Waals surface area (Å²) >= 11 is 0. The summed E-state index contributed by atoms with van der Waals surface area (Å²) in [6, 6.07) is 45.2. The van der Waals surface area contributed by atoms with E-state index < -0.39 is 17.3 Å². The summed E-state index contributed by atoms with van der Waals surface area (Å²) in [6.07, 6.45) is 2.01. The third-order valence-electron chi connectivity index (χ3n) is 10.1. The van der Waals surface area contributed by atoms with E-state index in [1.165, 1.54) is 15.7 Å². The van der Waals surface area contributed by atoms with Crippen LogP contribution in [0.2, 0.25) is 0 Å². The maximum atomic E-state index is 14.9. The summed E-state index contributed by atoms with van der Waals surface area (Å²) in [5, 5.41) is 4.25. The van der Waals surface area contributed by atoms with Crippen LogP contribution in [0.1, 0.15) is 33.7 Å². The van der Waals surface area contributed by atoms with Gasteiger partial charge in [0.2, 0.25) is 11.8 Å². The molecule has 1 aliphatic heterocycles. The van der Waals surface area contributed by atoms with Crippen molar-refractivity contribution in [3.8, 4) is 0 Å². The van der Waals surface area contributed by atoms with E-state index in [2.05, 4.69) is 60.7 Å². The first-order valence-electron chi connectivity index (χ1n) is 15.2. The van der Waals surface area contributed by atoms with Crippen LogP contribution in [0.25, 0.3) is 21.5 Å². The fraction of sp³-hybridized carbons (Fsp3) is 0.125. The van der Waals surface area contributed by atoms with Gasteiger partial charge in [0.25, 0.3) is 0 Å². The first-order chi connectivity index (χ1) is 21.7. The molecular formula is C40H28N2O2. The molecule has 0 aromatic heterocycles. The van der Waals surface area contributed by atoms with Crippen molar-refractivity contribution in [1.29, 1.82) is 0 Å². The van der Waals surface area contributed by atoms with E-state index in [1.54, 1.807) is 0 Å². The highest BCUT2D eigenvalue weighted by Gasteiger charge is 2.68. The van der Waals surface area contributed by atoms with Crippen LogP contribution in [0.15, 0.2) is 138 Å². The van der Waals surface area contributed by atoms with Crippen molar-refractivity contribution in [2.75, 3.05) is 4.90 Å². The molecule has 2 amide bonds. The Kier molecular flexibility index (Phi) is 5.33. The van der Waals surface area contributed by atoms with Crippen molar-refractivity contribution in [2.45, 2.75) is 17.9 Å². The van der Waals surface area contributed by atoms with Crippen molar-refractivity contribution in [1.82, 2.24) is 0 Å². The number of amides is 2. The smallest absolute Gasteiger partial charge is 0.239 e. The maximum absolute atomic E-state index is 14.9. The zero-order valence-corrected chi connectivity index (χ0v) is 23.9. The SMILES string of the molecule is O=C1[C@@H]2[C@@H](C(=O)N1c1cccc3ccccc13)C1c3ccccc3C2(C=NCc2cccc3ccccc23)c2ccccc21. The monoisotopic (exact) mass is 568 g/mol. The van der Waals surface area contributed by atoms with E-state index >= 15 is 0 Å². The fourth-order valence-electron chi connectivity index (χ4n) is 8.41. The van der Waals surface area contributed by atoms with Gasteiger partial charge in [-0.15, -0.1) is 0 Å². The van der Waals surface area contributed by atoms with Crippen LogP contribution in [0.4, 0.5) is 5.69 Å². The van der Waals surface area contributed by atoms with Gasteiger partial charge in [-0.25, -0.2) is 4.90 Å². The van der Waals surface area contributed by atoms with E-state index in [9.17, 15) is 9.59 Å². The number of carbonyl (C=O) groups is 2. The Morgan fingerprint density at radius 3 is 1.91 bits per heavy atom. The van der Waals surface area contributed by atoms with E-state index in [1.807, 2.05) is 79.0 Å². The van der Waals surface area contributed by atoms with Crippen molar-refractivity contribution in [3.63, 3.8) is 0 Å². The quantitative estimate of drug-likeness (QED) is 0.161. The van der Waals surface area contributed by atoms with Gasteiger partial charge in [0, 0.05) is 17.5 Å². The molecule has 0 radical (unpaired) electrons. The molecule has 1 saturated heterocycles. The molecule has 4 nitrogen and oxygen atoms in total. The van der Waals surface area contributed by atoms with Crippen LogP contribution in [0.5, 0.6) is 0 Å². The van der Waals surface area contributed by atoms with E-state index in [4.69, 9.17) is 4.99 Å². The predicted molar refractivity (Wildman–Crippen MR) is 175 cm³/mol. The van der Waals surface area contributed by atoms with Gasteiger partial charge in [-0.05, 0) is 50.0 Å². The highest BCUT2D eigenvalue weighted by molar-refractivity contribution is 6.27. The van der Waals surface area contributed by atoms with E-state index in [0.29, 0.717) is 12.2 Å². The Hall–Kier alpha value is -5.35. The number of nitrogens with zero attached hydrogens (tertiary/aromatic N) is 2. The van der Waals surface area contributed by atoms with Crippen LogP contribution in [0, 0.1) is 11.8 Å². The van der Waals surface area contributed by atoms with Crippen molar-refractivity contribution >= 4 is 45.3 Å². The molecule has 210 valence electrons. The van der Waals surface area contributed by atoms with Gasteiger partial charge in [-0.2, -0.15) is 0 Å². The second kappa shape index (κ2) is 9.32. The molecule has 0 N–H and O–H groups in total. The molecule has 4 aliphatic rings. The van der Waals surface area contributed by atoms with Crippen LogP contribution < -0.4 is 4.90 Å². The number of imide groups is 1. The topological polar surface area (TPSA) is 49.7 Å². The minimum atomic E-state index is -0.872. The summed E-state index contributed by atoms with van der Waals surface area (Å²) in [5.41, 5.74) is 5.30. The molecule has 10 rings (SSSR count). The van der Waals surface area contributed by atoms with Gasteiger partial charge in [0.1, 0.15) is 0 Å². The molecule has 1 heterocycles. The number of hydrogen-bond donors (Lipinski definition) is 0. The molecule has 0 saturated carbocycles. The zero-order chi connectivity index (χ0) is 29.4. The fourth-order valence-corrected chi connectivity index (χ4v) is 8.41. The first-order valence-corrected chi connectivity index (χ1v) is 15.2. The maximum Gasteiger partial charge on any atom is 0.239 e. The Morgan fingerprint density at radius 2 is 1.18 bits per heavy atom. The summed E-state index contributed by atoms with van der Waals surface area (Å²) < 4.78 is 0. The first kappa shape index (κ1) is 25.2. The molecule has 44 heavy (non-hydrogen) atoms. The third-order valence-corrected chi connectivity index (χ3v) is 10.1. The summed E-state index contributed by atoms with van der Waals surface area (Å²) in [4.78, 5) is 36.1. The Labute approximate surface area is 255 Å². The lowest BCUT2D eigenvalue weighted by atomic mass is 9.47. The van der Waals surface area contributed by atoms with Crippen LogP contribution in [-0.2, 0) is 21.5 Å². The van der Waals surface area contributed by atoms with Crippen LogP contribution >= 0.6 is 0 Å². The lowest BCUT2D eigenvalue weighted by Crippen LogP contribution is -2.54. The molecular weight excluding hydrogens is 540 g/mol. The van der Waals surface area contributed by atoms with Crippen LogP contribution in [-0.4, -0.2) is 18.0 Å². The van der Waals surface area contributed by atoms with Gasteiger partial charge < -0.3 is 0 Å². The Balaban J connectivity index is 1.26. The second-order valence-corrected chi connectivity index (χ2v) is 12.1. The van der Waals surface area contributed by atoms with E-state index in [0.717, 1.165) is 38.6 Å². The molecule has 1 fully saturated rings. The number of anilines is 1. The number of fused-ring (bicyclic) bond motifs is 2. The number of carbonyl (C=O) groups excluding carboxylic acids is 2. The minimum absolute atomic E-state index is 0.128. The molecule has 4 heteroatoms. The van der Waals surface area contributed by atoms with Crippen molar-refractivity contribution in [3.05, 3.63) is 161 Å². The zero-order valence-electron chi connectivity index (χ0n) is 23.9. The molecule has 2 bridgehead atoms. The molecule has 2 atom stereocenters. The number of rotatable bonds is 4. The van der Waals surface area contributed by atoms with Gasteiger partial charge in [0.15, 0.2) is 0 Å². The van der Waals surface area contributed by atoms with Gasteiger partial charge in [-0.1, -0.05) is 127 Å². The lowest BCUT2D eigenvalue weighted by molar-refractivity contribution is -0.122. The standard InChI is InChI=1S/C40H28N2O2/c43-38-36-35-30-18-5-7-20-32(30)40(33-21-8-6-19-31(33)35,24-41-23-27-15-9-13-25-11-1-3-16-28(25)27)37(36)39(44)42(38)34-22-10-14-26-12-2-4-17-29(26)34/h1-22,24,35-37H,23H2/t35?,36-,37-,40?/m0/s1. The van der Waals surface area contributed by atoms with Crippen molar-refractivity contribution < 1.29 is 9.59 Å². The molecule has 0 spiro atoms. The molecule has 3 aliphatic carbocycles. The summed E-state index contributed by atoms with van der Waals surface area (Å²) in [5.74, 6) is -1.59. The lowest BCUT2D eigenvalue weighted by Gasteiger charge is -2.52. The average molecular weight is 569 g/mol. The largest absolute Gasteiger partial charge is 0.291 e. The number of benzene rings is 6. The third kappa shape index (κ3) is 3.25. The average Bonchev–Trinajstić information content (AvgIpc) is 3.35. The number of hydrogen-bond acceptors (Lipinski definition) is 3. The van der Waals surface area contributed by atoms with E-state index in [-0.39, 0.29) is 17.7 Å². The second-order valence-electron chi connectivity index (χ2n) is 12.1. The number of aliphatic imine (C=N–C) groups is 1. The van der Waals surface area contributed by atoms with Gasteiger partial charge in [-0.3, -0.25) is 14.6 Å². The molecule has 0 unspecified atom stereocenters. The molecule has 6 aromatic rings. The Bertz CT molecular complexity index is 2140. The summed E-state index contributed by atoms with van der Waals surface area (Å²) in [7, 11) is 0. The summed E-state index contributed by atoms with van der Waals surface area (Å²) in [6.45, 7) is 0.476. The Morgan fingerprint density at radius 1 is 0.614 bits per heavy atom. The molecule has 6 aromatic carbocycles. The van der Waals surface area contributed by atoms with Crippen molar-refractivity contribution in [2.24, 2.45) is 16.8 Å². The van der Waals surface area contributed by atoms with Gasteiger partial charge in [0.05, 0.1) is 29.5 Å². The van der Waals surface area contributed by atoms with Gasteiger partial charge >= 0.3 is 0 Å². The highest BCUT2D eigenvalue weighted by Crippen LogP contribution is 2.63. The highest BCUT2D eigenvalue weighted by atomic mass is 16.2. The predicted octanol–water partition coefficient (Wildman–Crippen LogP) is 7.81. The van der Waals surface area contributed by atoms with Crippen LogP contribution in [0.3, 0.4) is 0 Å². The normalized spacial score (nSPS) is 23.4. The minimum Gasteiger partial charge on any atom is -0.291 e.